The quantitative estimate of drug-likeness (QED) is 0.773. The highest BCUT2D eigenvalue weighted by atomic mass is 32.2. The number of cyclic esters (lactones) is 1. The lowest BCUT2D eigenvalue weighted by Gasteiger charge is -2.32. The van der Waals surface area contributed by atoms with Crippen LogP contribution in [0.1, 0.15) is 12.0 Å². The Morgan fingerprint density at radius 1 is 1.30 bits per heavy atom. The van der Waals surface area contributed by atoms with Gasteiger partial charge in [-0.3, -0.25) is 0 Å². The summed E-state index contributed by atoms with van der Waals surface area (Å²) in [6.45, 7) is 2.33. The Kier molecular flexibility index (Phi) is 2.89. The number of hydrogen-bond donors (Lipinski definition) is 0. The monoisotopic (exact) mass is 294 g/mol. The van der Waals surface area contributed by atoms with Crippen molar-refractivity contribution in [2.75, 3.05) is 13.2 Å². The van der Waals surface area contributed by atoms with Crippen LogP contribution in [-0.4, -0.2) is 32.4 Å². The molecule has 2 aliphatic rings. The average molecular weight is 294 g/mol. The largest absolute Gasteiger partial charge is 0.463 e. The second kappa shape index (κ2) is 4.37. The molecule has 1 fully saturated rings. The van der Waals surface area contributed by atoms with Gasteiger partial charge < -0.3 is 4.74 Å². The first-order valence-corrected chi connectivity index (χ1v) is 7.84. The Balaban J connectivity index is 2.16. The van der Waals surface area contributed by atoms with Crippen LogP contribution in [0.2, 0.25) is 0 Å². The maximum absolute atomic E-state index is 12.9. The average Bonchev–Trinajstić information content (AvgIpc) is 2.86. The van der Waals surface area contributed by atoms with Crippen molar-refractivity contribution in [2.24, 2.45) is 16.1 Å². The Labute approximate surface area is 116 Å². The summed E-state index contributed by atoms with van der Waals surface area (Å²) in [5, 5.41) is 7.61. The lowest BCUT2D eigenvalue weighted by Crippen LogP contribution is -2.53. The molecule has 1 aromatic rings. The van der Waals surface area contributed by atoms with E-state index < -0.39 is 26.6 Å². The van der Waals surface area contributed by atoms with Crippen LogP contribution in [0.5, 0.6) is 0 Å². The second-order valence-corrected chi connectivity index (χ2v) is 7.16. The Hall–Kier alpha value is -1.76. The maximum atomic E-state index is 12.9. The van der Waals surface area contributed by atoms with Crippen molar-refractivity contribution in [1.29, 1.82) is 0 Å². The normalized spacial score (nSPS) is 29.1. The number of fused-ring (bicyclic) bond motifs is 1. The fraction of sp³-hybridized carbons (Fsp3) is 0.462. The van der Waals surface area contributed by atoms with Crippen molar-refractivity contribution in [3.8, 4) is 0 Å². The summed E-state index contributed by atoms with van der Waals surface area (Å²) in [6.07, 6.45) is 0.462. The first-order valence-electron chi connectivity index (χ1n) is 6.35. The Morgan fingerprint density at radius 3 is 2.70 bits per heavy atom. The van der Waals surface area contributed by atoms with E-state index in [0.29, 0.717) is 6.42 Å². The zero-order valence-corrected chi connectivity index (χ0v) is 11.8. The van der Waals surface area contributed by atoms with E-state index >= 15 is 0 Å². The predicted molar refractivity (Wildman–Crippen MR) is 69.9 cm³/mol. The Bertz CT molecular complexity index is 681. The van der Waals surface area contributed by atoms with E-state index in [1.54, 1.807) is 12.1 Å². The number of carbonyl (C=O) groups is 1. The van der Waals surface area contributed by atoms with Gasteiger partial charge in [0.2, 0.25) is 9.84 Å². The first-order chi connectivity index (χ1) is 9.48. The van der Waals surface area contributed by atoms with Crippen molar-refractivity contribution < 1.29 is 17.9 Å². The third-order valence-corrected chi connectivity index (χ3v) is 6.10. The smallest absolute Gasteiger partial charge is 0.352 e. The molecule has 0 radical (unpaired) electrons. The number of aryl methyl sites for hydroxylation is 1. The van der Waals surface area contributed by atoms with Crippen molar-refractivity contribution in [2.45, 2.75) is 23.1 Å². The summed E-state index contributed by atoms with van der Waals surface area (Å²) < 4.78 is 30.7. The fourth-order valence-electron chi connectivity index (χ4n) is 2.62. The van der Waals surface area contributed by atoms with E-state index in [9.17, 15) is 13.2 Å². The van der Waals surface area contributed by atoms with E-state index in [-0.39, 0.29) is 18.0 Å². The first kappa shape index (κ1) is 13.2. The van der Waals surface area contributed by atoms with Crippen molar-refractivity contribution >= 4 is 15.8 Å². The minimum atomic E-state index is -3.96. The molecule has 6 nitrogen and oxygen atoms in total. The lowest BCUT2D eigenvalue weighted by atomic mass is 9.95. The van der Waals surface area contributed by atoms with Gasteiger partial charge in [0.15, 0.2) is 0 Å². The van der Waals surface area contributed by atoms with E-state index in [0.717, 1.165) is 5.56 Å². The molecule has 2 aliphatic heterocycles. The lowest BCUT2D eigenvalue weighted by molar-refractivity contribution is -0.152. The zero-order valence-electron chi connectivity index (χ0n) is 10.9. The van der Waals surface area contributed by atoms with Crippen LogP contribution in [0.25, 0.3) is 0 Å². The number of nitrogens with zero attached hydrogens (tertiary/aromatic N) is 2. The SMILES string of the molecule is Cc1ccc(S(=O)(=O)[C@@]23N=NC[C@@H]2CCOC3=O)cc1. The Morgan fingerprint density at radius 2 is 2.00 bits per heavy atom. The molecule has 0 aliphatic carbocycles. The van der Waals surface area contributed by atoms with Gasteiger partial charge in [-0.25, -0.2) is 13.2 Å². The number of rotatable bonds is 2. The minimum Gasteiger partial charge on any atom is -0.463 e. The van der Waals surface area contributed by atoms with Gasteiger partial charge in [-0.05, 0) is 25.5 Å². The number of sulfone groups is 1. The zero-order chi connectivity index (χ0) is 14.4. The summed E-state index contributed by atoms with van der Waals surface area (Å²) in [5.74, 6) is -1.24. The third-order valence-electron chi connectivity index (χ3n) is 3.81. The number of benzene rings is 1. The highest BCUT2D eigenvalue weighted by molar-refractivity contribution is 7.93. The molecule has 20 heavy (non-hydrogen) atoms. The predicted octanol–water partition coefficient (Wildman–Crippen LogP) is 1.49. The molecule has 0 N–H and O–H groups in total. The fourth-order valence-corrected chi connectivity index (χ4v) is 4.55. The molecule has 0 amide bonds. The molecule has 7 heteroatoms. The van der Waals surface area contributed by atoms with Crippen molar-refractivity contribution in [1.82, 2.24) is 0 Å². The summed E-state index contributed by atoms with van der Waals surface area (Å²) in [6, 6.07) is 6.37. The maximum Gasteiger partial charge on any atom is 0.352 e. The summed E-state index contributed by atoms with van der Waals surface area (Å²) >= 11 is 0. The van der Waals surface area contributed by atoms with E-state index in [4.69, 9.17) is 4.74 Å². The van der Waals surface area contributed by atoms with Crippen LogP contribution in [0, 0.1) is 12.8 Å². The van der Waals surface area contributed by atoms with Crippen molar-refractivity contribution in [3.05, 3.63) is 29.8 Å². The molecular formula is C13H14N2O4S. The van der Waals surface area contributed by atoms with Gasteiger partial charge in [0, 0.05) is 5.92 Å². The molecule has 2 atom stereocenters. The second-order valence-electron chi connectivity index (χ2n) is 5.06. The van der Waals surface area contributed by atoms with Gasteiger partial charge >= 0.3 is 5.97 Å². The summed E-state index contributed by atoms with van der Waals surface area (Å²) in [5.41, 5.74) is 0.942. The highest BCUT2D eigenvalue weighted by Gasteiger charge is 2.63. The molecule has 3 rings (SSSR count). The summed E-state index contributed by atoms with van der Waals surface area (Å²) in [7, 11) is -3.96. The van der Waals surface area contributed by atoms with Crippen LogP contribution in [0.3, 0.4) is 0 Å². The molecule has 1 saturated heterocycles. The molecule has 1 aromatic carbocycles. The van der Waals surface area contributed by atoms with Crippen LogP contribution in [0.4, 0.5) is 0 Å². The number of ether oxygens (including phenoxy) is 1. The minimum absolute atomic E-state index is 0.0767. The molecule has 0 bridgehead atoms. The molecule has 0 aromatic heterocycles. The number of azo groups is 1. The van der Waals surface area contributed by atoms with Gasteiger partial charge in [-0.2, -0.15) is 10.2 Å². The molecule has 0 unspecified atom stereocenters. The van der Waals surface area contributed by atoms with Gasteiger partial charge in [-0.15, -0.1) is 0 Å². The number of esters is 1. The van der Waals surface area contributed by atoms with Gasteiger partial charge in [0.1, 0.15) is 0 Å². The van der Waals surface area contributed by atoms with Gasteiger partial charge in [-0.1, -0.05) is 17.7 Å². The van der Waals surface area contributed by atoms with Crippen LogP contribution in [-0.2, 0) is 19.4 Å². The van der Waals surface area contributed by atoms with E-state index in [1.807, 2.05) is 6.92 Å². The molecule has 0 spiro atoms. The van der Waals surface area contributed by atoms with Gasteiger partial charge in [0.05, 0.1) is 18.0 Å². The van der Waals surface area contributed by atoms with Gasteiger partial charge in [0.25, 0.3) is 4.87 Å². The van der Waals surface area contributed by atoms with Crippen molar-refractivity contribution in [3.63, 3.8) is 0 Å². The van der Waals surface area contributed by atoms with Crippen LogP contribution < -0.4 is 0 Å². The molecule has 106 valence electrons. The van der Waals surface area contributed by atoms with E-state index in [2.05, 4.69) is 10.2 Å². The highest BCUT2D eigenvalue weighted by Crippen LogP contribution is 2.43. The third kappa shape index (κ3) is 1.62. The molecule has 2 heterocycles. The number of hydrogen-bond acceptors (Lipinski definition) is 6. The topological polar surface area (TPSA) is 85.2 Å². The van der Waals surface area contributed by atoms with Crippen LogP contribution in [0.15, 0.2) is 39.4 Å². The van der Waals surface area contributed by atoms with Crippen LogP contribution >= 0.6 is 0 Å². The molecule has 0 saturated carbocycles. The van der Waals surface area contributed by atoms with E-state index in [1.165, 1.54) is 12.1 Å². The summed E-state index contributed by atoms with van der Waals surface area (Å²) in [4.78, 5) is 10.3. The number of carbonyl (C=O) groups excluding carboxylic acids is 1. The standard InChI is InChI=1S/C13H14N2O4S/c1-9-2-4-11(5-3-9)20(17,18)13-10(8-14-15-13)6-7-19-12(13)16/h2-5,10H,6-8H2,1H3/t10-,13-/m0/s1. The molecular weight excluding hydrogens is 280 g/mol.